The first-order valence-electron chi connectivity index (χ1n) is 8.77. The van der Waals surface area contributed by atoms with E-state index in [1.54, 1.807) is 12.1 Å². The molecule has 2 heterocycles. The van der Waals surface area contributed by atoms with Gasteiger partial charge >= 0.3 is 0 Å². The molecule has 1 aliphatic rings. The number of rotatable bonds is 5. The third-order valence-electron chi connectivity index (χ3n) is 4.85. The number of benzene rings is 1. The number of hydrogen-bond acceptors (Lipinski definition) is 4. The number of anilines is 2. The fourth-order valence-electron chi connectivity index (χ4n) is 3.24. The van der Waals surface area contributed by atoms with Gasteiger partial charge in [-0.1, -0.05) is 0 Å². The summed E-state index contributed by atoms with van der Waals surface area (Å²) in [5.41, 5.74) is 11.1. The van der Waals surface area contributed by atoms with Crippen LogP contribution < -0.4 is 11.1 Å². The van der Waals surface area contributed by atoms with E-state index in [9.17, 15) is 4.79 Å². The lowest BCUT2D eigenvalue weighted by molar-refractivity contribution is 0.101. The lowest BCUT2D eigenvalue weighted by atomic mass is 10.1. The van der Waals surface area contributed by atoms with Gasteiger partial charge in [0.1, 0.15) is 0 Å². The van der Waals surface area contributed by atoms with E-state index in [1.165, 1.54) is 25.3 Å². The largest absolute Gasteiger partial charge is 0.398 e. The second kappa shape index (κ2) is 6.43. The van der Waals surface area contributed by atoms with Gasteiger partial charge in [0.2, 0.25) is 0 Å². The van der Waals surface area contributed by atoms with Gasteiger partial charge in [0.25, 0.3) is 0 Å². The Morgan fingerprint density at radius 1 is 1.35 bits per heavy atom. The highest BCUT2D eigenvalue weighted by Crippen LogP contribution is 2.41. The molecule has 1 atom stereocenters. The van der Waals surface area contributed by atoms with Gasteiger partial charge in [0.05, 0.1) is 16.2 Å². The number of Topliss-reactive ketones (excluding diaryl/α,β-unsaturated/α-hetero) is 1. The van der Waals surface area contributed by atoms with Crippen molar-refractivity contribution in [3.05, 3.63) is 58.0 Å². The van der Waals surface area contributed by atoms with E-state index < -0.39 is 0 Å². The van der Waals surface area contributed by atoms with E-state index in [4.69, 9.17) is 10.7 Å². The van der Waals surface area contributed by atoms with Crippen LogP contribution in [0.3, 0.4) is 0 Å². The molecule has 1 aliphatic carbocycles. The predicted molar refractivity (Wildman–Crippen MR) is 108 cm³/mol. The Bertz CT molecular complexity index is 1010. The molecule has 2 aromatic heterocycles. The highest BCUT2D eigenvalue weighted by molar-refractivity contribution is 9.10. The van der Waals surface area contributed by atoms with Crippen LogP contribution in [0.2, 0.25) is 0 Å². The quantitative estimate of drug-likeness (QED) is 0.460. The zero-order valence-corrected chi connectivity index (χ0v) is 16.4. The van der Waals surface area contributed by atoms with Crippen molar-refractivity contribution in [1.82, 2.24) is 9.38 Å². The summed E-state index contributed by atoms with van der Waals surface area (Å²) in [6, 6.07) is 7.62. The SMILES string of the molecule is CC(=O)c1ccc(NC(C)c2cn3cc(C4CC4)cc(Br)c3n2)cc1N. The zero-order valence-electron chi connectivity index (χ0n) is 14.8. The van der Waals surface area contributed by atoms with Crippen molar-refractivity contribution in [3.8, 4) is 0 Å². The number of nitrogens with two attached hydrogens (primary N) is 1. The fraction of sp³-hybridized carbons (Fsp3) is 0.300. The number of carbonyl (C=O) groups excluding carboxylic acids is 1. The Morgan fingerprint density at radius 2 is 2.12 bits per heavy atom. The monoisotopic (exact) mass is 412 g/mol. The first-order valence-corrected chi connectivity index (χ1v) is 9.56. The number of ketones is 1. The first kappa shape index (κ1) is 17.1. The number of fused-ring (bicyclic) bond motifs is 1. The average Bonchev–Trinajstić information content (AvgIpc) is 3.33. The third kappa shape index (κ3) is 3.21. The molecule has 3 aromatic rings. The molecular formula is C20H21BrN4O. The maximum Gasteiger partial charge on any atom is 0.161 e. The number of nitrogen functional groups attached to an aromatic ring is 1. The van der Waals surface area contributed by atoms with Crippen LogP contribution in [0, 0.1) is 0 Å². The van der Waals surface area contributed by atoms with Crippen molar-refractivity contribution in [3.63, 3.8) is 0 Å². The van der Waals surface area contributed by atoms with Crippen LogP contribution >= 0.6 is 15.9 Å². The van der Waals surface area contributed by atoms with E-state index >= 15 is 0 Å². The van der Waals surface area contributed by atoms with E-state index in [0.717, 1.165) is 21.5 Å². The number of nitrogens with one attached hydrogen (secondary N) is 1. The summed E-state index contributed by atoms with van der Waals surface area (Å²) in [6.45, 7) is 3.58. The van der Waals surface area contributed by atoms with Gasteiger partial charge < -0.3 is 15.5 Å². The second-order valence-electron chi connectivity index (χ2n) is 7.02. The molecule has 134 valence electrons. The summed E-state index contributed by atoms with van der Waals surface area (Å²) in [5.74, 6) is 0.665. The smallest absolute Gasteiger partial charge is 0.161 e. The Balaban J connectivity index is 1.60. The Morgan fingerprint density at radius 3 is 2.77 bits per heavy atom. The number of carbonyl (C=O) groups is 1. The molecule has 26 heavy (non-hydrogen) atoms. The molecule has 4 rings (SSSR count). The molecular weight excluding hydrogens is 392 g/mol. The summed E-state index contributed by atoms with van der Waals surface area (Å²) < 4.78 is 3.12. The van der Waals surface area contributed by atoms with Crippen LogP contribution in [0.15, 0.2) is 41.1 Å². The van der Waals surface area contributed by atoms with Crippen molar-refractivity contribution >= 4 is 38.7 Å². The summed E-state index contributed by atoms with van der Waals surface area (Å²) in [5, 5.41) is 3.41. The van der Waals surface area contributed by atoms with Gasteiger partial charge in [-0.25, -0.2) is 4.98 Å². The zero-order chi connectivity index (χ0) is 18.4. The van der Waals surface area contributed by atoms with Gasteiger partial charge in [-0.2, -0.15) is 0 Å². The molecule has 0 bridgehead atoms. The molecule has 0 amide bonds. The third-order valence-corrected chi connectivity index (χ3v) is 5.44. The van der Waals surface area contributed by atoms with Crippen LogP contribution in [-0.2, 0) is 0 Å². The van der Waals surface area contributed by atoms with Crippen molar-refractivity contribution < 1.29 is 4.79 Å². The molecule has 1 aromatic carbocycles. The lowest BCUT2D eigenvalue weighted by Gasteiger charge is -2.14. The van der Waals surface area contributed by atoms with Crippen LogP contribution in [-0.4, -0.2) is 15.2 Å². The number of halogens is 1. The lowest BCUT2D eigenvalue weighted by Crippen LogP contribution is -2.08. The molecule has 0 radical (unpaired) electrons. The van der Waals surface area contributed by atoms with Crippen molar-refractivity contribution in [2.24, 2.45) is 0 Å². The second-order valence-corrected chi connectivity index (χ2v) is 7.87. The summed E-state index contributed by atoms with van der Waals surface area (Å²) in [6.07, 6.45) is 6.79. The Labute approximate surface area is 160 Å². The highest BCUT2D eigenvalue weighted by Gasteiger charge is 2.25. The molecule has 5 nitrogen and oxygen atoms in total. The maximum absolute atomic E-state index is 11.5. The number of hydrogen-bond donors (Lipinski definition) is 2. The van der Waals surface area contributed by atoms with Crippen LogP contribution in [0.4, 0.5) is 11.4 Å². The minimum absolute atomic E-state index is 0.00810. The Kier molecular flexibility index (Phi) is 4.23. The maximum atomic E-state index is 11.5. The summed E-state index contributed by atoms with van der Waals surface area (Å²) in [7, 11) is 0. The van der Waals surface area contributed by atoms with Crippen LogP contribution in [0.5, 0.6) is 0 Å². The van der Waals surface area contributed by atoms with Gasteiger partial charge in [-0.15, -0.1) is 0 Å². The summed E-state index contributed by atoms with van der Waals surface area (Å²) in [4.78, 5) is 16.3. The minimum atomic E-state index is -0.0289. The number of nitrogens with zero attached hydrogens (tertiary/aromatic N) is 2. The van der Waals surface area contributed by atoms with Gasteiger partial charge in [-0.05, 0) is 78.4 Å². The molecule has 6 heteroatoms. The number of aromatic nitrogens is 2. The van der Waals surface area contributed by atoms with Crippen molar-refractivity contribution in [2.45, 2.75) is 38.6 Å². The molecule has 0 aliphatic heterocycles. The van der Waals surface area contributed by atoms with Crippen molar-refractivity contribution in [1.29, 1.82) is 0 Å². The normalized spacial score (nSPS) is 15.2. The molecule has 1 unspecified atom stereocenters. The van der Waals surface area contributed by atoms with Crippen LogP contribution in [0.1, 0.15) is 60.3 Å². The number of pyridine rings is 1. The molecule has 3 N–H and O–H groups in total. The first-order chi connectivity index (χ1) is 12.4. The fourth-order valence-corrected chi connectivity index (χ4v) is 3.80. The number of imidazole rings is 1. The highest BCUT2D eigenvalue weighted by atomic mass is 79.9. The van der Waals surface area contributed by atoms with Gasteiger partial charge in [0.15, 0.2) is 11.4 Å². The molecule has 1 saturated carbocycles. The predicted octanol–water partition coefficient (Wildman–Crippen LogP) is 4.93. The molecule has 1 fully saturated rings. The van der Waals surface area contributed by atoms with E-state index in [-0.39, 0.29) is 11.8 Å². The van der Waals surface area contributed by atoms with Crippen molar-refractivity contribution in [2.75, 3.05) is 11.1 Å². The standard InChI is InChI=1S/C20H21BrN4O/c1-11(23-15-5-6-16(12(2)26)18(22)8-15)19-10-25-9-14(13-3-4-13)7-17(21)20(25)24-19/h5-11,13,23H,3-4,22H2,1-2H3. The topological polar surface area (TPSA) is 72.4 Å². The minimum Gasteiger partial charge on any atom is -0.398 e. The van der Waals surface area contributed by atoms with Gasteiger partial charge in [-0.3, -0.25) is 4.79 Å². The van der Waals surface area contributed by atoms with Crippen LogP contribution in [0.25, 0.3) is 5.65 Å². The molecule has 0 spiro atoms. The van der Waals surface area contributed by atoms with E-state index in [1.807, 2.05) is 6.07 Å². The summed E-state index contributed by atoms with van der Waals surface area (Å²) >= 11 is 3.65. The van der Waals surface area contributed by atoms with Gasteiger partial charge in [0, 0.05) is 29.3 Å². The Hall–Kier alpha value is -2.34. The van der Waals surface area contributed by atoms with E-state index in [0.29, 0.717) is 17.2 Å². The molecule has 0 saturated heterocycles. The average molecular weight is 413 g/mol. The van der Waals surface area contributed by atoms with E-state index in [2.05, 4.69) is 51.0 Å².